The van der Waals surface area contributed by atoms with Gasteiger partial charge < -0.3 is 14.8 Å². The summed E-state index contributed by atoms with van der Waals surface area (Å²) in [7, 11) is 1.54. The molecular weight excluding hydrogens is 380 g/mol. The molecule has 0 aliphatic carbocycles. The molecule has 150 valence electrons. The number of anilines is 1. The van der Waals surface area contributed by atoms with E-state index in [1.165, 1.54) is 19.4 Å². The van der Waals surface area contributed by atoms with Gasteiger partial charge in [0.15, 0.2) is 0 Å². The molecular formula is C21H19F2N3O3. The van der Waals surface area contributed by atoms with Crippen LogP contribution in [0.25, 0.3) is 10.8 Å². The van der Waals surface area contributed by atoms with E-state index in [9.17, 15) is 13.6 Å². The topological polar surface area (TPSA) is 72.0 Å². The molecule has 3 aromatic rings. The van der Waals surface area contributed by atoms with Crippen LogP contribution < -0.4 is 20.2 Å². The molecule has 0 spiro atoms. The van der Waals surface area contributed by atoms with Gasteiger partial charge in [0, 0.05) is 5.56 Å². The van der Waals surface area contributed by atoms with Crippen LogP contribution in [0.5, 0.6) is 11.5 Å². The van der Waals surface area contributed by atoms with Crippen LogP contribution in [0.1, 0.15) is 5.56 Å². The standard InChI is InChI=1S/C21H19F2N3O3/c1-28-19-9-5-4-8-17(19)24-13-20(27)26-25-12-16-15-7-3-2-6-14(15)10-11-18(16)29-21(22)23/h2-12,21,24H,13H2,1H3,(H,26,27)/b25-12-. The van der Waals surface area contributed by atoms with Crippen molar-refractivity contribution >= 4 is 28.6 Å². The molecule has 3 rings (SSSR count). The number of para-hydroxylation sites is 2. The van der Waals surface area contributed by atoms with Crippen molar-refractivity contribution in [1.82, 2.24) is 5.43 Å². The van der Waals surface area contributed by atoms with E-state index in [0.717, 1.165) is 5.39 Å². The molecule has 0 radical (unpaired) electrons. The minimum absolute atomic E-state index is 0.0242. The van der Waals surface area contributed by atoms with Crippen molar-refractivity contribution in [2.24, 2.45) is 5.10 Å². The Morgan fingerprint density at radius 1 is 1.07 bits per heavy atom. The maximum absolute atomic E-state index is 12.7. The third-order valence-electron chi connectivity index (χ3n) is 4.08. The number of nitrogens with one attached hydrogen (secondary N) is 2. The Kier molecular flexibility index (Phi) is 6.57. The molecule has 2 N–H and O–H groups in total. The summed E-state index contributed by atoms with van der Waals surface area (Å²) in [4.78, 5) is 12.1. The Labute approximate surface area is 166 Å². The molecule has 0 bridgehead atoms. The zero-order valence-electron chi connectivity index (χ0n) is 15.6. The number of benzene rings is 3. The number of methoxy groups -OCH3 is 1. The summed E-state index contributed by atoms with van der Waals surface area (Å²) in [6, 6.07) is 17.5. The fourth-order valence-corrected chi connectivity index (χ4v) is 2.78. The van der Waals surface area contributed by atoms with Crippen molar-refractivity contribution in [3.05, 3.63) is 66.2 Å². The molecule has 0 aromatic heterocycles. The van der Waals surface area contributed by atoms with Crippen LogP contribution >= 0.6 is 0 Å². The predicted octanol–water partition coefficient (Wildman–Crippen LogP) is 4.01. The lowest BCUT2D eigenvalue weighted by atomic mass is 10.0. The van der Waals surface area contributed by atoms with Gasteiger partial charge in [0.05, 0.1) is 25.6 Å². The minimum Gasteiger partial charge on any atom is -0.495 e. The van der Waals surface area contributed by atoms with Gasteiger partial charge in [-0.15, -0.1) is 0 Å². The number of hydrogen-bond donors (Lipinski definition) is 2. The minimum atomic E-state index is -2.97. The molecule has 0 fully saturated rings. The smallest absolute Gasteiger partial charge is 0.387 e. The molecule has 3 aromatic carbocycles. The van der Waals surface area contributed by atoms with Crippen molar-refractivity contribution < 1.29 is 23.0 Å². The summed E-state index contributed by atoms with van der Waals surface area (Å²) in [6.45, 7) is -3.02. The average Bonchev–Trinajstić information content (AvgIpc) is 2.73. The lowest BCUT2D eigenvalue weighted by Crippen LogP contribution is -2.26. The van der Waals surface area contributed by atoms with Crippen molar-refractivity contribution in [1.29, 1.82) is 0 Å². The van der Waals surface area contributed by atoms with Gasteiger partial charge in [0.1, 0.15) is 11.5 Å². The number of halogens is 2. The van der Waals surface area contributed by atoms with Crippen LogP contribution in [-0.4, -0.2) is 32.4 Å². The lowest BCUT2D eigenvalue weighted by Gasteiger charge is -2.11. The molecule has 0 saturated carbocycles. The van der Waals surface area contributed by atoms with E-state index in [0.29, 0.717) is 22.4 Å². The second-order valence-corrected chi connectivity index (χ2v) is 5.92. The molecule has 0 atom stereocenters. The predicted molar refractivity (Wildman–Crippen MR) is 108 cm³/mol. The number of amides is 1. The van der Waals surface area contributed by atoms with Crippen molar-refractivity contribution in [2.45, 2.75) is 6.61 Å². The number of hydrazone groups is 1. The Balaban J connectivity index is 1.70. The number of hydrogen-bond acceptors (Lipinski definition) is 5. The number of fused-ring (bicyclic) bond motifs is 1. The first kappa shape index (κ1) is 20.1. The van der Waals surface area contributed by atoms with Crippen LogP contribution in [0.4, 0.5) is 14.5 Å². The quantitative estimate of drug-likeness (QED) is 0.444. The SMILES string of the molecule is COc1ccccc1NCC(=O)N/N=C\c1c(OC(F)F)ccc2ccccc12. The van der Waals surface area contributed by atoms with Crippen LogP contribution in [0.2, 0.25) is 0 Å². The lowest BCUT2D eigenvalue weighted by molar-refractivity contribution is -0.119. The van der Waals surface area contributed by atoms with E-state index in [-0.39, 0.29) is 12.3 Å². The molecule has 6 nitrogen and oxygen atoms in total. The van der Waals surface area contributed by atoms with E-state index in [2.05, 4.69) is 20.6 Å². The first-order chi connectivity index (χ1) is 14.1. The Bertz CT molecular complexity index is 1020. The molecule has 0 aliphatic rings. The van der Waals surface area contributed by atoms with Crippen molar-refractivity contribution in [2.75, 3.05) is 19.0 Å². The largest absolute Gasteiger partial charge is 0.495 e. The normalized spacial score (nSPS) is 11.0. The number of rotatable bonds is 8. The number of nitrogens with zero attached hydrogens (tertiary/aromatic N) is 1. The second kappa shape index (κ2) is 9.50. The van der Waals surface area contributed by atoms with E-state index in [1.807, 2.05) is 24.3 Å². The zero-order valence-corrected chi connectivity index (χ0v) is 15.6. The third-order valence-corrected chi connectivity index (χ3v) is 4.08. The maximum Gasteiger partial charge on any atom is 0.387 e. The molecule has 8 heteroatoms. The molecule has 0 unspecified atom stereocenters. The van der Waals surface area contributed by atoms with Crippen LogP contribution in [0, 0.1) is 0 Å². The highest BCUT2D eigenvalue weighted by Crippen LogP contribution is 2.28. The number of carbonyl (C=O) groups excluding carboxylic acids is 1. The van der Waals surface area contributed by atoms with E-state index >= 15 is 0 Å². The average molecular weight is 399 g/mol. The van der Waals surface area contributed by atoms with Crippen molar-refractivity contribution in [3.63, 3.8) is 0 Å². The first-order valence-corrected chi connectivity index (χ1v) is 8.74. The molecule has 29 heavy (non-hydrogen) atoms. The fourth-order valence-electron chi connectivity index (χ4n) is 2.78. The second-order valence-electron chi connectivity index (χ2n) is 5.92. The van der Waals surface area contributed by atoms with Gasteiger partial charge in [-0.1, -0.05) is 42.5 Å². The zero-order chi connectivity index (χ0) is 20.6. The summed E-state index contributed by atoms with van der Waals surface area (Å²) in [6.07, 6.45) is 1.29. The Morgan fingerprint density at radius 2 is 1.83 bits per heavy atom. The van der Waals surface area contributed by atoms with Gasteiger partial charge in [-0.2, -0.15) is 13.9 Å². The highest BCUT2D eigenvalue weighted by Gasteiger charge is 2.12. The van der Waals surface area contributed by atoms with Gasteiger partial charge in [-0.05, 0) is 29.0 Å². The van der Waals surface area contributed by atoms with Gasteiger partial charge in [-0.25, -0.2) is 5.43 Å². The monoisotopic (exact) mass is 399 g/mol. The summed E-state index contributed by atoms with van der Waals surface area (Å²) in [5, 5.41) is 8.35. The molecule has 1 amide bonds. The van der Waals surface area contributed by atoms with E-state index in [4.69, 9.17) is 4.74 Å². The molecule has 0 saturated heterocycles. The van der Waals surface area contributed by atoms with Crippen LogP contribution in [0.3, 0.4) is 0 Å². The summed E-state index contributed by atoms with van der Waals surface area (Å²) in [5.74, 6) is 0.168. The third kappa shape index (κ3) is 5.19. The summed E-state index contributed by atoms with van der Waals surface area (Å²) < 4.78 is 35.2. The molecule has 0 heterocycles. The van der Waals surface area contributed by atoms with E-state index in [1.54, 1.807) is 30.3 Å². The van der Waals surface area contributed by atoms with Crippen LogP contribution in [-0.2, 0) is 4.79 Å². The van der Waals surface area contributed by atoms with Gasteiger partial charge in [0.2, 0.25) is 0 Å². The Hall–Kier alpha value is -3.68. The number of carbonyl (C=O) groups is 1. The van der Waals surface area contributed by atoms with Gasteiger partial charge in [0.25, 0.3) is 5.91 Å². The summed E-state index contributed by atoms with van der Waals surface area (Å²) >= 11 is 0. The van der Waals surface area contributed by atoms with Crippen molar-refractivity contribution in [3.8, 4) is 11.5 Å². The van der Waals surface area contributed by atoms with Gasteiger partial charge >= 0.3 is 6.61 Å². The molecule has 0 aliphatic heterocycles. The Morgan fingerprint density at radius 3 is 2.62 bits per heavy atom. The van der Waals surface area contributed by atoms with E-state index < -0.39 is 12.5 Å². The number of ether oxygens (including phenoxy) is 2. The highest BCUT2D eigenvalue weighted by molar-refractivity contribution is 6.02. The fraction of sp³-hybridized carbons (Fsp3) is 0.143. The highest BCUT2D eigenvalue weighted by atomic mass is 19.3. The van der Waals surface area contributed by atoms with Crippen LogP contribution in [0.15, 0.2) is 65.8 Å². The first-order valence-electron chi connectivity index (χ1n) is 8.74. The van der Waals surface area contributed by atoms with Gasteiger partial charge in [-0.3, -0.25) is 4.79 Å². The maximum atomic E-state index is 12.7. The summed E-state index contributed by atoms with van der Waals surface area (Å²) in [5.41, 5.74) is 3.38. The number of alkyl halides is 2.